The second-order valence-electron chi connectivity index (χ2n) is 4.82. The summed E-state index contributed by atoms with van der Waals surface area (Å²) in [5, 5.41) is 11.8. The molecular weight excluding hydrogens is 246 g/mol. The van der Waals surface area contributed by atoms with Gasteiger partial charge >= 0.3 is 5.97 Å². The summed E-state index contributed by atoms with van der Waals surface area (Å²) in [6, 6.07) is 9.03. The van der Waals surface area contributed by atoms with Crippen LogP contribution < -0.4 is 10.1 Å². The largest absolute Gasteiger partial charge is 0.484 e. The summed E-state index contributed by atoms with van der Waals surface area (Å²) in [7, 11) is 0. The van der Waals surface area contributed by atoms with Crippen LogP contribution in [0, 0.1) is 5.41 Å². The van der Waals surface area contributed by atoms with Crippen molar-refractivity contribution in [3.05, 3.63) is 30.3 Å². The van der Waals surface area contributed by atoms with Crippen molar-refractivity contribution in [2.75, 3.05) is 13.2 Å². The zero-order chi connectivity index (χ0) is 13.7. The molecular formula is C14H17NO4. The number of ether oxygens (including phenoxy) is 1. The highest BCUT2D eigenvalue weighted by Crippen LogP contribution is 2.40. The monoisotopic (exact) mass is 263 g/mol. The van der Waals surface area contributed by atoms with Crippen LogP contribution in [0.5, 0.6) is 5.75 Å². The second kappa shape index (κ2) is 5.73. The van der Waals surface area contributed by atoms with Crippen molar-refractivity contribution in [3.63, 3.8) is 0 Å². The molecule has 1 saturated carbocycles. The van der Waals surface area contributed by atoms with Gasteiger partial charge in [-0.25, -0.2) is 0 Å². The Kier molecular flexibility index (Phi) is 4.04. The first kappa shape index (κ1) is 13.4. The van der Waals surface area contributed by atoms with Gasteiger partial charge in [-0.1, -0.05) is 24.6 Å². The molecule has 0 spiro atoms. The number of nitrogens with one attached hydrogen (secondary N) is 1. The highest BCUT2D eigenvalue weighted by Gasteiger charge is 2.44. The molecule has 0 aromatic heterocycles. The number of amides is 1. The Morgan fingerprint density at radius 2 is 1.95 bits per heavy atom. The minimum absolute atomic E-state index is 0.0975. The standard InChI is InChI=1S/C14H17NO4/c16-12(9-19-11-5-2-1-3-6-11)15-10-14(13(17)18)7-4-8-14/h1-3,5-6H,4,7-10H2,(H,15,16)(H,17,18). The van der Waals surface area contributed by atoms with Crippen LogP contribution in [0.3, 0.4) is 0 Å². The predicted molar refractivity (Wildman–Crippen MR) is 68.9 cm³/mol. The summed E-state index contributed by atoms with van der Waals surface area (Å²) >= 11 is 0. The summed E-state index contributed by atoms with van der Waals surface area (Å²) in [4.78, 5) is 22.7. The molecule has 102 valence electrons. The molecule has 0 saturated heterocycles. The summed E-state index contributed by atoms with van der Waals surface area (Å²) in [5.74, 6) is -0.506. The van der Waals surface area contributed by atoms with Crippen LogP contribution in [0.1, 0.15) is 19.3 Å². The van der Waals surface area contributed by atoms with E-state index in [1.807, 2.05) is 18.2 Å². The quantitative estimate of drug-likeness (QED) is 0.814. The third-order valence-corrected chi connectivity index (χ3v) is 3.50. The lowest BCUT2D eigenvalue weighted by Crippen LogP contribution is -2.48. The van der Waals surface area contributed by atoms with Gasteiger partial charge in [0.1, 0.15) is 5.75 Å². The van der Waals surface area contributed by atoms with Crippen LogP contribution >= 0.6 is 0 Å². The Bertz CT molecular complexity index is 454. The summed E-state index contributed by atoms with van der Waals surface area (Å²) in [5.41, 5.74) is -0.762. The summed E-state index contributed by atoms with van der Waals surface area (Å²) < 4.78 is 5.29. The Hall–Kier alpha value is -2.04. The lowest BCUT2D eigenvalue weighted by Gasteiger charge is -2.37. The SMILES string of the molecule is O=C(COc1ccccc1)NCC1(C(=O)O)CCC1. The molecule has 1 aliphatic carbocycles. The number of hydrogen-bond acceptors (Lipinski definition) is 3. The lowest BCUT2D eigenvalue weighted by atomic mass is 9.69. The van der Waals surface area contributed by atoms with Crippen LogP contribution in [0.2, 0.25) is 0 Å². The maximum Gasteiger partial charge on any atom is 0.311 e. The minimum Gasteiger partial charge on any atom is -0.484 e. The van der Waals surface area contributed by atoms with Crippen molar-refractivity contribution in [1.29, 1.82) is 0 Å². The van der Waals surface area contributed by atoms with E-state index in [-0.39, 0.29) is 19.1 Å². The van der Waals surface area contributed by atoms with E-state index in [0.717, 1.165) is 6.42 Å². The predicted octanol–water partition coefficient (Wildman–Crippen LogP) is 1.44. The molecule has 1 aromatic rings. The molecule has 2 rings (SSSR count). The number of carbonyl (C=O) groups is 2. The smallest absolute Gasteiger partial charge is 0.311 e. The zero-order valence-electron chi connectivity index (χ0n) is 10.6. The fraction of sp³-hybridized carbons (Fsp3) is 0.429. The van der Waals surface area contributed by atoms with Gasteiger partial charge in [-0.3, -0.25) is 9.59 Å². The summed E-state index contributed by atoms with van der Waals surface area (Å²) in [6.45, 7) is 0.0824. The highest BCUT2D eigenvalue weighted by atomic mass is 16.5. The molecule has 1 aliphatic rings. The van der Waals surface area contributed by atoms with E-state index in [9.17, 15) is 9.59 Å². The van der Waals surface area contributed by atoms with Crippen molar-refractivity contribution in [1.82, 2.24) is 5.32 Å². The number of benzene rings is 1. The van der Waals surface area contributed by atoms with Crippen LogP contribution in [0.15, 0.2) is 30.3 Å². The molecule has 0 unspecified atom stereocenters. The average Bonchev–Trinajstić information content (AvgIpc) is 2.36. The number of aliphatic carboxylic acids is 1. The Morgan fingerprint density at radius 1 is 1.26 bits per heavy atom. The number of rotatable bonds is 6. The Balaban J connectivity index is 1.74. The Labute approximate surface area is 111 Å². The molecule has 5 nitrogen and oxygen atoms in total. The first-order valence-electron chi connectivity index (χ1n) is 6.30. The molecule has 0 heterocycles. The van der Waals surface area contributed by atoms with Crippen LogP contribution in [-0.2, 0) is 9.59 Å². The van der Waals surface area contributed by atoms with Gasteiger partial charge in [0.15, 0.2) is 6.61 Å². The number of para-hydroxylation sites is 1. The van der Waals surface area contributed by atoms with Crippen LogP contribution in [0.4, 0.5) is 0 Å². The highest BCUT2D eigenvalue weighted by molar-refractivity contribution is 5.80. The first-order valence-corrected chi connectivity index (χ1v) is 6.30. The number of hydrogen-bond donors (Lipinski definition) is 2. The van der Waals surface area contributed by atoms with E-state index in [2.05, 4.69) is 5.32 Å². The van der Waals surface area contributed by atoms with E-state index in [1.54, 1.807) is 12.1 Å². The fourth-order valence-electron chi connectivity index (χ4n) is 2.05. The molecule has 1 aromatic carbocycles. The molecule has 1 fully saturated rings. The van der Waals surface area contributed by atoms with Gasteiger partial charge in [-0.2, -0.15) is 0 Å². The topological polar surface area (TPSA) is 75.6 Å². The normalized spacial score (nSPS) is 16.2. The lowest BCUT2D eigenvalue weighted by molar-refractivity contribution is -0.154. The molecule has 19 heavy (non-hydrogen) atoms. The maximum absolute atomic E-state index is 11.6. The molecule has 0 bridgehead atoms. The molecule has 1 amide bonds. The van der Waals surface area contributed by atoms with Crippen LogP contribution in [0.25, 0.3) is 0 Å². The van der Waals surface area contributed by atoms with Gasteiger partial charge < -0.3 is 15.2 Å². The average molecular weight is 263 g/mol. The molecule has 0 atom stereocenters. The number of carboxylic acids is 1. The van der Waals surface area contributed by atoms with Crippen molar-refractivity contribution >= 4 is 11.9 Å². The molecule has 0 radical (unpaired) electrons. The first-order chi connectivity index (χ1) is 9.12. The maximum atomic E-state index is 11.6. The van der Waals surface area contributed by atoms with Crippen molar-refractivity contribution in [2.45, 2.75) is 19.3 Å². The van der Waals surface area contributed by atoms with Crippen molar-refractivity contribution in [3.8, 4) is 5.75 Å². The second-order valence-corrected chi connectivity index (χ2v) is 4.82. The fourth-order valence-corrected chi connectivity index (χ4v) is 2.05. The van der Waals surface area contributed by atoms with Gasteiger partial charge in [0.25, 0.3) is 5.91 Å². The van der Waals surface area contributed by atoms with Gasteiger partial charge in [0.2, 0.25) is 0 Å². The van der Waals surface area contributed by atoms with E-state index >= 15 is 0 Å². The molecule has 2 N–H and O–H groups in total. The van der Waals surface area contributed by atoms with E-state index < -0.39 is 11.4 Å². The van der Waals surface area contributed by atoms with E-state index in [0.29, 0.717) is 18.6 Å². The van der Waals surface area contributed by atoms with Gasteiger partial charge in [-0.05, 0) is 25.0 Å². The number of carbonyl (C=O) groups excluding carboxylic acids is 1. The Morgan fingerprint density at radius 3 is 2.47 bits per heavy atom. The molecule has 0 aliphatic heterocycles. The van der Waals surface area contributed by atoms with Gasteiger partial charge in [-0.15, -0.1) is 0 Å². The third kappa shape index (κ3) is 3.24. The summed E-state index contributed by atoms with van der Waals surface area (Å²) in [6.07, 6.45) is 2.16. The third-order valence-electron chi connectivity index (χ3n) is 3.50. The van der Waals surface area contributed by atoms with E-state index in [1.165, 1.54) is 0 Å². The van der Waals surface area contributed by atoms with E-state index in [4.69, 9.17) is 9.84 Å². The van der Waals surface area contributed by atoms with Gasteiger partial charge in [0.05, 0.1) is 5.41 Å². The minimum atomic E-state index is -0.831. The number of carboxylic acid groups (broad SMARTS) is 1. The van der Waals surface area contributed by atoms with Crippen molar-refractivity contribution in [2.24, 2.45) is 5.41 Å². The molecule has 5 heteroatoms. The zero-order valence-corrected chi connectivity index (χ0v) is 10.6. The van der Waals surface area contributed by atoms with Crippen LogP contribution in [-0.4, -0.2) is 30.1 Å². The van der Waals surface area contributed by atoms with Crippen molar-refractivity contribution < 1.29 is 19.4 Å². The van der Waals surface area contributed by atoms with Gasteiger partial charge in [0, 0.05) is 6.54 Å².